The second-order valence-corrected chi connectivity index (χ2v) is 5.12. The van der Waals surface area contributed by atoms with E-state index in [0.717, 1.165) is 18.4 Å². The SMILES string of the molecule is Nc1ccccc1C1CC(=O)N(C2CC2)C(=O)C1. The lowest BCUT2D eigenvalue weighted by molar-refractivity contribution is -0.149. The second-order valence-electron chi connectivity index (χ2n) is 5.12. The van der Waals surface area contributed by atoms with Gasteiger partial charge in [0.25, 0.3) is 0 Å². The molecule has 0 radical (unpaired) electrons. The maximum Gasteiger partial charge on any atom is 0.230 e. The number of nitrogens with zero attached hydrogens (tertiary/aromatic N) is 1. The number of piperidine rings is 1. The Hall–Kier alpha value is -1.84. The van der Waals surface area contributed by atoms with E-state index in [0.29, 0.717) is 18.5 Å². The van der Waals surface area contributed by atoms with Crippen LogP contribution in [-0.4, -0.2) is 22.8 Å². The minimum atomic E-state index is -0.0544. The molecule has 0 spiro atoms. The number of para-hydroxylation sites is 1. The molecule has 4 nitrogen and oxygen atoms in total. The van der Waals surface area contributed by atoms with E-state index in [2.05, 4.69) is 0 Å². The minimum Gasteiger partial charge on any atom is -0.398 e. The molecule has 0 atom stereocenters. The highest BCUT2D eigenvalue weighted by Crippen LogP contribution is 2.37. The maximum absolute atomic E-state index is 12.0. The second kappa shape index (κ2) is 4.12. The largest absolute Gasteiger partial charge is 0.398 e. The van der Waals surface area contributed by atoms with Gasteiger partial charge in [0.2, 0.25) is 11.8 Å². The number of nitrogen functional groups attached to an aromatic ring is 1. The van der Waals surface area contributed by atoms with Gasteiger partial charge in [0.1, 0.15) is 0 Å². The lowest BCUT2D eigenvalue weighted by atomic mass is 9.87. The zero-order chi connectivity index (χ0) is 12.7. The molecule has 1 aromatic carbocycles. The van der Waals surface area contributed by atoms with E-state index >= 15 is 0 Å². The average molecular weight is 244 g/mol. The molecule has 4 heteroatoms. The van der Waals surface area contributed by atoms with Crippen molar-refractivity contribution in [2.75, 3.05) is 5.73 Å². The number of imide groups is 1. The molecule has 0 unspecified atom stereocenters. The molecule has 1 aliphatic heterocycles. The van der Waals surface area contributed by atoms with Crippen LogP contribution in [0.2, 0.25) is 0 Å². The topological polar surface area (TPSA) is 63.4 Å². The van der Waals surface area contributed by atoms with Crippen LogP contribution in [0.15, 0.2) is 24.3 Å². The molecule has 0 bridgehead atoms. The summed E-state index contributed by atoms with van der Waals surface area (Å²) in [5.74, 6) is -0.134. The van der Waals surface area contributed by atoms with Gasteiger partial charge in [-0.3, -0.25) is 14.5 Å². The summed E-state index contributed by atoms with van der Waals surface area (Å²) in [4.78, 5) is 25.6. The first-order valence-corrected chi connectivity index (χ1v) is 6.36. The predicted molar refractivity (Wildman–Crippen MR) is 67.7 cm³/mol. The fourth-order valence-corrected chi connectivity index (χ4v) is 2.67. The monoisotopic (exact) mass is 244 g/mol. The molecular weight excluding hydrogens is 228 g/mol. The van der Waals surface area contributed by atoms with Crippen molar-refractivity contribution in [1.82, 2.24) is 4.90 Å². The summed E-state index contributed by atoms with van der Waals surface area (Å²) in [6.45, 7) is 0. The van der Waals surface area contributed by atoms with Crippen LogP contribution >= 0.6 is 0 Å². The van der Waals surface area contributed by atoms with Crippen molar-refractivity contribution in [3.63, 3.8) is 0 Å². The molecule has 2 fully saturated rings. The zero-order valence-electron chi connectivity index (χ0n) is 10.1. The molecule has 1 saturated heterocycles. The Morgan fingerprint density at radius 3 is 2.22 bits per heavy atom. The number of benzene rings is 1. The van der Waals surface area contributed by atoms with Gasteiger partial charge < -0.3 is 5.73 Å². The summed E-state index contributed by atoms with van der Waals surface area (Å²) in [5, 5.41) is 0. The molecule has 0 aromatic heterocycles. The Balaban J connectivity index is 1.83. The molecule has 1 aliphatic carbocycles. The van der Waals surface area contributed by atoms with Crippen molar-refractivity contribution >= 4 is 17.5 Å². The summed E-state index contributed by atoms with van der Waals surface area (Å²) < 4.78 is 0. The lowest BCUT2D eigenvalue weighted by Crippen LogP contribution is -2.44. The summed E-state index contributed by atoms with van der Waals surface area (Å²) in [5.41, 5.74) is 7.51. The first kappa shape index (κ1) is 11.3. The first-order chi connectivity index (χ1) is 8.66. The summed E-state index contributed by atoms with van der Waals surface area (Å²) in [6, 6.07) is 7.67. The fraction of sp³-hybridized carbons (Fsp3) is 0.429. The van der Waals surface area contributed by atoms with Gasteiger partial charge in [0, 0.05) is 30.5 Å². The van der Waals surface area contributed by atoms with E-state index in [1.165, 1.54) is 4.90 Å². The van der Waals surface area contributed by atoms with Crippen molar-refractivity contribution in [2.24, 2.45) is 0 Å². The van der Waals surface area contributed by atoms with E-state index in [9.17, 15) is 9.59 Å². The first-order valence-electron chi connectivity index (χ1n) is 6.36. The number of carbonyl (C=O) groups excluding carboxylic acids is 2. The van der Waals surface area contributed by atoms with Crippen LogP contribution in [0, 0.1) is 0 Å². The molecular formula is C14H16N2O2. The molecule has 3 rings (SSSR count). The number of carbonyl (C=O) groups is 2. The number of nitrogens with two attached hydrogens (primary N) is 1. The van der Waals surface area contributed by atoms with Crippen molar-refractivity contribution in [1.29, 1.82) is 0 Å². The van der Waals surface area contributed by atoms with Gasteiger partial charge in [-0.2, -0.15) is 0 Å². The Morgan fingerprint density at radius 2 is 1.67 bits per heavy atom. The van der Waals surface area contributed by atoms with Gasteiger partial charge in [0.15, 0.2) is 0 Å². The van der Waals surface area contributed by atoms with Gasteiger partial charge in [-0.25, -0.2) is 0 Å². The van der Waals surface area contributed by atoms with Gasteiger partial charge in [-0.05, 0) is 24.5 Å². The highest BCUT2D eigenvalue weighted by molar-refractivity contribution is 5.99. The minimum absolute atomic E-state index is 0.0398. The van der Waals surface area contributed by atoms with Crippen LogP contribution in [0.4, 0.5) is 5.69 Å². The molecule has 2 N–H and O–H groups in total. The number of amides is 2. The Morgan fingerprint density at radius 1 is 1.06 bits per heavy atom. The van der Waals surface area contributed by atoms with Crippen LogP contribution < -0.4 is 5.73 Å². The number of hydrogen-bond acceptors (Lipinski definition) is 3. The summed E-state index contributed by atoms with van der Waals surface area (Å²) in [7, 11) is 0. The quantitative estimate of drug-likeness (QED) is 0.635. The van der Waals surface area contributed by atoms with Gasteiger partial charge in [-0.15, -0.1) is 0 Å². The number of rotatable bonds is 2. The van der Waals surface area contributed by atoms with Crippen molar-refractivity contribution in [2.45, 2.75) is 37.6 Å². The predicted octanol–water partition coefficient (Wildman–Crippen LogP) is 1.66. The molecule has 1 saturated carbocycles. The fourth-order valence-electron chi connectivity index (χ4n) is 2.67. The molecule has 2 amide bonds. The lowest BCUT2D eigenvalue weighted by Gasteiger charge is -2.30. The summed E-state index contributed by atoms with van der Waals surface area (Å²) >= 11 is 0. The third-order valence-electron chi connectivity index (χ3n) is 3.73. The normalized spacial score (nSPS) is 21.4. The smallest absolute Gasteiger partial charge is 0.230 e. The van der Waals surface area contributed by atoms with Crippen molar-refractivity contribution in [3.05, 3.63) is 29.8 Å². The Labute approximate surface area is 106 Å². The van der Waals surface area contributed by atoms with Crippen molar-refractivity contribution < 1.29 is 9.59 Å². The Kier molecular flexibility index (Phi) is 2.58. The third-order valence-corrected chi connectivity index (χ3v) is 3.73. The van der Waals surface area contributed by atoms with Crippen LogP contribution in [0.3, 0.4) is 0 Å². The molecule has 1 heterocycles. The molecule has 1 aromatic rings. The average Bonchev–Trinajstić information content (AvgIpc) is 3.13. The van der Waals surface area contributed by atoms with Crippen LogP contribution in [0.5, 0.6) is 0 Å². The van der Waals surface area contributed by atoms with E-state index in [1.54, 1.807) is 0 Å². The summed E-state index contributed by atoms with van der Waals surface area (Å²) in [6.07, 6.45) is 2.73. The zero-order valence-corrected chi connectivity index (χ0v) is 10.1. The van der Waals surface area contributed by atoms with Gasteiger partial charge in [0.05, 0.1) is 0 Å². The highest BCUT2D eigenvalue weighted by atomic mass is 16.2. The standard InChI is InChI=1S/C14H16N2O2/c15-12-4-2-1-3-11(12)9-7-13(17)16(10-5-6-10)14(18)8-9/h1-4,9-10H,5-8,15H2. The van der Waals surface area contributed by atoms with Crippen LogP contribution in [-0.2, 0) is 9.59 Å². The van der Waals surface area contributed by atoms with E-state index in [1.807, 2.05) is 24.3 Å². The Bertz CT molecular complexity index is 490. The van der Waals surface area contributed by atoms with Gasteiger partial charge in [-0.1, -0.05) is 18.2 Å². The van der Waals surface area contributed by atoms with Gasteiger partial charge >= 0.3 is 0 Å². The van der Waals surface area contributed by atoms with Crippen molar-refractivity contribution in [3.8, 4) is 0 Å². The number of likely N-dealkylation sites (tertiary alicyclic amines) is 1. The van der Waals surface area contributed by atoms with E-state index in [-0.39, 0.29) is 23.8 Å². The maximum atomic E-state index is 12.0. The van der Waals surface area contributed by atoms with Crippen LogP contribution in [0.25, 0.3) is 0 Å². The van der Waals surface area contributed by atoms with Crippen LogP contribution in [0.1, 0.15) is 37.2 Å². The molecule has 18 heavy (non-hydrogen) atoms. The van der Waals surface area contributed by atoms with E-state index in [4.69, 9.17) is 5.73 Å². The third kappa shape index (κ3) is 1.88. The van der Waals surface area contributed by atoms with E-state index < -0.39 is 0 Å². The highest BCUT2D eigenvalue weighted by Gasteiger charge is 2.42. The molecule has 94 valence electrons. The number of anilines is 1. The number of hydrogen-bond donors (Lipinski definition) is 1. The molecule has 2 aliphatic rings.